The molecule has 98 valence electrons. The minimum absolute atomic E-state index is 0.0846. The molecule has 0 radical (unpaired) electrons. The Balaban J connectivity index is 1.98. The summed E-state index contributed by atoms with van der Waals surface area (Å²) >= 11 is 5.92. The second-order valence-corrected chi connectivity index (χ2v) is 4.97. The molecular weight excluding hydrogens is 252 g/mol. The van der Waals surface area contributed by atoms with Crippen molar-refractivity contribution in [2.75, 3.05) is 26.8 Å². The Morgan fingerprint density at radius 3 is 3.17 bits per heavy atom. The van der Waals surface area contributed by atoms with Crippen molar-refractivity contribution >= 4 is 17.5 Å². The molecule has 1 aliphatic rings. The minimum Gasteiger partial charge on any atom is -0.381 e. The number of nitrogens with zero attached hydrogens (tertiary/aromatic N) is 2. The molecule has 0 aromatic carbocycles. The zero-order chi connectivity index (χ0) is 13.0. The quantitative estimate of drug-likeness (QED) is 0.790. The van der Waals surface area contributed by atoms with E-state index in [1.807, 2.05) is 0 Å². The van der Waals surface area contributed by atoms with Gasteiger partial charge in [-0.1, -0.05) is 11.6 Å². The molecule has 18 heavy (non-hydrogen) atoms. The summed E-state index contributed by atoms with van der Waals surface area (Å²) in [7, 11) is 1.79. The molecule has 4 nitrogen and oxygen atoms in total. The monoisotopic (exact) mass is 268 g/mol. The van der Waals surface area contributed by atoms with Gasteiger partial charge in [0, 0.05) is 26.4 Å². The van der Waals surface area contributed by atoms with Crippen LogP contribution in [0.4, 0.5) is 0 Å². The summed E-state index contributed by atoms with van der Waals surface area (Å²) in [5, 5.41) is 0.259. The molecule has 0 aliphatic carbocycles. The van der Waals surface area contributed by atoms with Gasteiger partial charge in [0.2, 0.25) is 0 Å². The Labute approximate surface area is 112 Å². The number of hydrogen-bond donors (Lipinski definition) is 0. The zero-order valence-electron chi connectivity index (χ0n) is 10.4. The van der Waals surface area contributed by atoms with Gasteiger partial charge in [0.25, 0.3) is 5.91 Å². The first-order chi connectivity index (χ1) is 8.68. The lowest BCUT2D eigenvalue weighted by atomic mass is 10.0. The Kier molecular flexibility index (Phi) is 4.55. The van der Waals surface area contributed by atoms with E-state index in [4.69, 9.17) is 16.3 Å². The molecule has 0 spiro atoms. The van der Waals surface area contributed by atoms with E-state index in [-0.39, 0.29) is 11.1 Å². The molecule has 1 aromatic heterocycles. The van der Waals surface area contributed by atoms with Crippen LogP contribution in [0.2, 0.25) is 5.15 Å². The van der Waals surface area contributed by atoms with Gasteiger partial charge in [-0.3, -0.25) is 4.79 Å². The highest BCUT2D eigenvalue weighted by Crippen LogP contribution is 2.17. The summed E-state index contributed by atoms with van der Waals surface area (Å²) in [6, 6.07) is 3.42. The summed E-state index contributed by atoms with van der Waals surface area (Å²) in [5.74, 6) is 0.335. The third-order valence-electron chi connectivity index (χ3n) is 3.12. The molecule has 1 unspecified atom stereocenters. The highest BCUT2D eigenvalue weighted by Gasteiger charge is 2.21. The van der Waals surface area contributed by atoms with Crippen LogP contribution in [-0.4, -0.2) is 42.6 Å². The number of pyridine rings is 1. The number of aromatic nitrogens is 1. The number of carbonyl (C=O) groups is 1. The van der Waals surface area contributed by atoms with Crippen LogP contribution in [0.25, 0.3) is 0 Å². The molecule has 2 rings (SSSR count). The summed E-state index contributed by atoms with van der Waals surface area (Å²) < 4.78 is 5.42. The maximum atomic E-state index is 12.2. The van der Waals surface area contributed by atoms with Gasteiger partial charge in [-0.05, 0) is 30.9 Å². The highest BCUT2D eigenvalue weighted by molar-refractivity contribution is 6.32. The van der Waals surface area contributed by atoms with E-state index in [0.29, 0.717) is 18.0 Å². The summed E-state index contributed by atoms with van der Waals surface area (Å²) in [4.78, 5) is 17.8. The van der Waals surface area contributed by atoms with E-state index >= 15 is 0 Å². The summed E-state index contributed by atoms with van der Waals surface area (Å²) in [6.07, 6.45) is 3.76. The Bertz CT molecular complexity index is 419. The van der Waals surface area contributed by atoms with E-state index < -0.39 is 0 Å². The van der Waals surface area contributed by atoms with E-state index in [0.717, 1.165) is 26.1 Å². The molecule has 1 amide bonds. The lowest BCUT2D eigenvalue weighted by molar-refractivity contribution is 0.0388. The number of hydrogen-bond acceptors (Lipinski definition) is 3. The summed E-state index contributed by atoms with van der Waals surface area (Å²) in [5.41, 5.74) is 0.457. The first-order valence-corrected chi connectivity index (χ1v) is 6.50. The Hall–Kier alpha value is -1.13. The molecule has 0 N–H and O–H groups in total. The maximum Gasteiger partial charge on any atom is 0.256 e. The van der Waals surface area contributed by atoms with Crippen molar-refractivity contribution in [3.63, 3.8) is 0 Å². The van der Waals surface area contributed by atoms with Gasteiger partial charge in [0.15, 0.2) is 0 Å². The molecule has 2 heterocycles. The van der Waals surface area contributed by atoms with Crippen LogP contribution in [0.15, 0.2) is 18.3 Å². The van der Waals surface area contributed by atoms with Gasteiger partial charge in [0.05, 0.1) is 12.2 Å². The molecule has 1 fully saturated rings. The highest BCUT2D eigenvalue weighted by atomic mass is 35.5. The van der Waals surface area contributed by atoms with Crippen molar-refractivity contribution in [2.24, 2.45) is 5.92 Å². The van der Waals surface area contributed by atoms with Crippen molar-refractivity contribution in [3.8, 4) is 0 Å². The SMILES string of the molecule is CN(CC1CCCOC1)C(=O)c1cccnc1Cl. The first kappa shape index (κ1) is 13.3. The molecule has 1 atom stereocenters. The topological polar surface area (TPSA) is 42.4 Å². The fraction of sp³-hybridized carbons (Fsp3) is 0.538. The molecule has 1 aliphatic heterocycles. The number of halogens is 1. The van der Waals surface area contributed by atoms with Crippen LogP contribution in [0, 0.1) is 5.92 Å². The van der Waals surface area contributed by atoms with Gasteiger partial charge >= 0.3 is 0 Å². The second kappa shape index (κ2) is 6.16. The fourth-order valence-electron chi connectivity index (χ4n) is 2.17. The van der Waals surface area contributed by atoms with E-state index in [1.54, 1.807) is 30.3 Å². The third-order valence-corrected chi connectivity index (χ3v) is 3.42. The number of rotatable bonds is 3. The van der Waals surface area contributed by atoms with Crippen molar-refractivity contribution in [2.45, 2.75) is 12.8 Å². The van der Waals surface area contributed by atoms with Crippen LogP contribution in [0.1, 0.15) is 23.2 Å². The first-order valence-electron chi connectivity index (χ1n) is 6.12. The van der Waals surface area contributed by atoms with Crippen LogP contribution in [0.5, 0.6) is 0 Å². The fourth-order valence-corrected chi connectivity index (χ4v) is 2.37. The van der Waals surface area contributed by atoms with Crippen LogP contribution in [0.3, 0.4) is 0 Å². The Morgan fingerprint density at radius 1 is 1.67 bits per heavy atom. The van der Waals surface area contributed by atoms with Crippen molar-refractivity contribution in [1.82, 2.24) is 9.88 Å². The van der Waals surface area contributed by atoms with Crippen LogP contribution < -0.4 is 0 Å². The zero-order valence-corrected chi connectivity index (χ0v) is 11.2. The van der Waals surface area contributed by atoms with Crippen molar-refractivity contribution in [3.05, 3.63) is 29.0 Å². The molecule has 1 aromatic rings. The molecule has 0 saturated carbocycles. The number of amides is 1. The van der Waals surface area contributed by atoms with Crippen LogP contribution >= 0.6 is 11.6 Å². The molecular formula is C13H17ClN2O2. The number of ether oxygens (including phenoxy) is 1. The lowest BCUT2D eigenvalue weighted by Gasteiger charge is -2.27. The number of carbonyl (C=O) groups excluding carboxylic acids is 1. The second-order valence-electron chi connectivity index (χ2n) is 4.61. The summed E-state index contributed by atoms with van der Waals surface area (Å²) in [6.45, 7) is 2.27. The molecule has 0 bridgehead atoms. The lowest BCUT2D eigenvalue weighted by Crippen LogP contribution is -2.35. The van der Waals surface area contributed by atoms with E-state index in [9.17, 15) is 4.79 Å². The van der Waals surface area contributed by atoms with Gasteiger partial charge in [-0.2, -0.15) is 0 Å². The minimum atomic E-state index is -0.0846. The normalized spacial score (nSPS) is 19.6. The van der Waals surface area contributed by atoms with Crippen molar-refractivity contribution in [1.29, 1.82) is 0 Å². The van der Waals surface area contributed by atoms with E-state index in [1.165, 1.54) is 0 Å². The predicted molar refractivity (Wildman–Crippen MR) is 69.8 cm³/mol. The van der Waals surface area contributed by atoms with Crippen LogP contribution in [-0.2, 0) is 4.74 Å². The smallest absolute Gasteiger partial charge is 0.256 e. The molecule has 1 saturated heterocycles. The average Bonchev–Trinajstić information content (AvgIpc) is 2.39. The van der Waals surface area contributed by atoms with Gasteiger partial charge in [-0.15, -0.1) is 0 Å². The van der Waals surface area contributed by atoms with Gasteiger partial charge in [-0.25, -0.2) is 4.98 Å². The van der Waals surface area contributed by atoms with Crippen molar-refractivity contribution < 1.29 is 9.53 Å². The maximum absolute atomic E-state index is 12.2. The largest absolute Gasteiger partial charge is 0.381 e. The standard InChI is InChI=1S/C13H17ClN2O2/c1-16(8-10-4-3-7-18-9-10)13(17)11-5-2-6-15-12(11)14/h2,5-6,10H,3-4,7-9H2,1H3. The van der Waals surface area contributed by atoms with Gasteiger partial charge in [0.1, 0.15) is 5.15 Å². The van der Waals surface area contributed by atoms with E-state index in [2.05, 4.69) is 4.98 Å². The average molecular weight is 269 g/mol. The third kappa shape index (κ3) is 3.21. The predicted octanol–water partition coefficient (Wildman–Crippen LogP) is 2.23. The van der Waals surface area contributed by atoms with Gasteiger partial charge < -0.3 is 9.64 Å². The molecule has 5 heteroatoms. The Morgan fingerprint density at radius 2 is 2.50 bits per heavy atom.